The number of hydrogen-bond acceptors (Lipinski definition) is 5. The molecule has 2 aromatic heterocycles. The maximum atomic E-state index is 13.3. The van der Waals surface area contributed by atoms with Gasteiger partial charge in [-0.3, -0.25) is 19.0 Å². The summed E-state index contributed by atoms with van der Waals surface area (Å²) in [5, 5.41) is 17.8. The molecular weight excluding hydrogens is 410 g/mol. The van der Waals surface area contributed by atoms with Gasteiger partial charge < -0.3 is 15.3 Å². The van der Waals surface area contributed by atoms with Crippen LogP contribution in [-0.4, -0.2) is 54.1 Å². The molecule has 2 amide bonds. The molecule has 2 N–H and O–H groups in total. The fourth-order valence-corrected chi connectivity index (χ4v) is 4.16. The average molecular weight is 440 g/mol. The largest absolute Gasteiger partial charge is 0.492 e. The maximum Gasteiger partial charge on any atom is 0.270 e. The van der Waals surface area contributed by atoms with Crippen LogP contribution in [0.4, 0.5) is 0 Å². The Morgan fingerprint density at radius 3 is 2.44 bits per heavy atom. The normalized spacial score (nSPS) is 18.6. The fraction of sp³-hybridized carbons (Fsp3) is 0.565. The van der Waals surface area contributed by atoms with E-state index < -0.39 is 17.3 Å². The van der Waals surface area contributed by atoms with Gasteiger partial charge in [-0.1, -0.05) is 13.8 Å². The lowest BCUT2D eigenvalue weighted by atomic mass is 10.2. The summed E-state index contributed by atoms with van der Waals surface area (Å²) in [5.41, 5.74) is 0.0685. The van der Waals surface area contributed by atoms with Gasteiger partial charge in [-0.2, -0.15) is 9.61 Å². The van der Waals surface area contributed by atoms with E-state index in [1.54, 1.807) is 6.08 Å². The van der Waals surface area contributed by atoms with Crippen molar-refractivity contribution < 1.29 is 14.7 Å². The van der Waals surface area contributed by atoms with Gasteiger partial charge in [0.15, 0.2) is 5.56 Å². The molecule has 0 bridgehead atoms. The molecule has 2 aromatic rings. The SMILES string of the molecule is CC(C)Cn1c(=O)c(C(=O)NC2CC2)c(O)n2ncc(C=CC(=O)N(C3CC3)C3CC3)c12. The predicted molar refractivity (Wildman–Crippen MR) is 118 cm³/mol. The third-order valence-corrected chi connectivity index (χ3v) is 6.14. The molecule has 9 heteroatoms. The van der Waals surface area contributed by atoms with E-state index in [1.807, 2.05) is 18.7 Å². The zero-order valence-electron chi connectivity index (χ0n) is 18.5. The molecule has 0 radical (unpaired) electrons. The number of aromatic hydroxyl groups is 1. The number of aromatic nitrogens is 3. The van der Waals surface area contributed by atoms with E-state index in [1.165, 1.54) is 21.4 Å². The van der Waals surface area contributed by atoms with Gasteiger partial charge in [0.1, 0.15) is 5.65 Å². The van der Waals surface area contributed by atoms with E-state index in [-0.39, 0.29) is 23.4 Å². The van der Waals surface area contributed by atoms with E-state index in [9.17, 15) is 19.5 Å². The second kappa shape index (κ2) is 7.79. The van der Waals surface area contributed by atoms with Gasteiger partial charge in [0.05, 0.1) is 6.20 Å². The van der Waals surface area contributed by atoms with Crippen LogP contribution in [0, 0.1) is 5.92 Å². The molecule has 0 saturated heterocycles. The van der Waals surface area contributed by atoms with Crippen LogP contribution in [0.3, 0.4) is 0 Å². The lowest BCUT2D eigenvalue weighted by Crippen LogP contribution is -2.36. The molecule has 3 saturated carbocycles. The average Bonchev–Trinajstić information content (AvgIpc) is 3.57. The smallest absolute Gasteiger partial charge is 0.270 e. The van der Waals surface area contributed by atoms with Crippen molar-refractivity contribution in [2.75, 3.05) is 0 Å². The van der Waals surface area contributed by atoms with Gasteiger partial charge in [-0.25, -0.2) is 0 Å². The van der Waals surface area contributed by atoms with E-state index >= 15 is 0 Å². The Bertz CT molecular complexity index is 1150. The summed E-state index contributed by atoms with van der Waals surface area (Å²) in [7, 11) is 0. The first-order valence-corrected chi connectivity index (χ1v) is 11.5. The second-order valence-corrected chi connectivity index (χ2v) is 9.63. The van der Waals surface area contributed by atoms with Gasteiger partial charge in [-0.15, -0.1) is 0 Å². The monoisotopic (exact) mass is 439 g/mol. The third-order valence-electron chi connectivity index (χ3n) is 6.14. The number of nitrogens with zero attached hydrogens (tertiary/aromatic N) is 4. The molecule has 32 heavy (non-hydrogen) atoms. The molecule has 170 valence electrons. The van der Waals surface area contributed by atoms with Crippen molar-refractivity contribution in [2.24, 2.45) is 5.92 Å². The zero-order chi connectivity index (χ0) is 22.6. The van der Waals surface area contributed by atoms with Crippen molar-refractivity contribution in [3.8, 4) is 5.88 Å². The van der Waals surface area contributed by atoms with Gasteiger partial charge in [0.25, 0.3) is 11.5 Å². The second-order valence-electron chi connectivity index (χ2n) is 9.63. The first-order chi connectivity index (χ1) is 15.3. The Morgan fingerprint density at radius 2 is 1.88 bits per heavy atom. The van der Waals surface area contributed by atoms with Crippen molar-refractivity contribution in [1.29, 1.82) is 0 Å². The molecule has 5 rings (SSSR count). The number of carbonyl (C=O) groups excluding carboxylic acids is 2. The van der Waals surface area contributed by atoms with Gasteiger partial charge >= 0.3 is 0 Å². The summed E-state index contributed by atoms with van der Waals surface area (Å²) in [4.78, 5) is 40.7. The highest BCUT2D eigenvalue weighted by Crippen LogP contribution is 2.37. The maximum absolute atomic E-state index is 13.3. The molecule has 0 aliphatic heterocycles. The van der Waals surface area contributed by atoms with Crippen LogP contribution in [0.15, 0.2) is 17.1 Å². The predicted octanol–water partition coefficient (Wildman–Crippen LogP) is 1.92. The number of fused-ring (bicyclic) bond motifs is 1. The third kappa shape index (κ3) is 3.91. The molecule has 0 aromatic carbocycles. The summed E-state index contributed by atoms with van der Waals surface area (Å²) >= 11 is 0. The van der Waals surface area contributed by atoms with Crippen LogP contribution in [0.1, 0.15) is 68.3 Å². The number of carbonyl (C=O) groups is 2. The van der Waals surface area contributed by atoms with Crippen LogP contribution < -0.4 is 10.9 Å². The quantitative estimate of drug-likeness (QED) is 0.611. The summed E-state index contributed by atoms with van der Waals surface area (Å²) in [6, 6.07) is 0.747. The van der Waals surface area contributed by atoms with E-state index in [0.29, 0.717) is 29.8 Å². The Kier molecular flexibility index (Phi) is 5.06. The van der Waals surface area contributed by atoms with Crippen LogP contribution in [-0.2, 0) is 11.3 Å². The first kappa shape index (κ1) is 20.8. The van der Waals surface area contributed by atoms with E-state index in [0.717, 1.165) is 38.5 Å². The number of hydrogen-bond donors (Lipinski definition) is 2. The van der Waals surface area contributed by atoms with Gasteiger partial charge in [-0.05, 0) is 50.5 Å². The molecule has 3 aliphatic carbocycles. The van der Waals surface area contributed by atoms with Crippen LogP contribution in [0.2, 0.25) is 0 Å². The molecule has 0 atom stereocenters. The zero-order valence-corrected chi connectivity index (χ0v) is 18.5. The lowest BCUT2D eigenvalue weighted by Gasteiger charge is -2.20. The minimum atomic E-state index is -0.582. The summed E-state index contributed by atoms with van der Waals surface area (Å²) < 4.78 is 2.69. The number of amides is 2. The van der Waals surface area contributed by atoms with Crippen molar-refractivity contribution in [3.63, 3.8) is 0 Å². The summed E-state index contributed by atoms with van der Waals surface area (Å²) in [5.74, 6) is -0.973. The Balaban J connectivity index is 1.54. The minimum absolute atomic E-state index is 0.0308. The number of rotatable bonds is 8. The Hall–Kier alpha value is -3.10. The van der Waals surface area contributed by atoms with Crippen LogP contribution >= 0.6 is 0 Å². The van der Waals surface area contributed by atoms with Crippen molar-refractivity contribution in [2.45, 2.75) is 77.0 Å². The number of nitrogens with one attached hydrogen (secondary N) is 1. The van der Waals surface area contributed by atoms with Crippen LogP contribution in [0.25, 0.3) is 11.7 Å². The topological polar surface area (TPSA) is 109 Å². The standard InChI is InChI=1S/C23H29N5O4/c1-13(2)12-26-21-14(3-10-18(29)27(16-6-7-16)17-8-9-17)11-24-28(21)23(32)19(22(26)31)20(30)25-15-4-5-15/h3,10-11,13,15-17,32H,4-9,12H2,1-2H3,(H,25,30). The summed E-state index contributed by atoms with van der Waals surface area (Å²) in [6.07, 6.45) is 10.7. The van der Waals surface area contributed by atoms with E-state index in [2.05, 4.69) is 10.4 Å². The Labute approximate surface area is 185 Å². The first-order valence-electron chi connectivity index (χ1n) is 11.5. The molecule has 2 heterocycles. The Morgan fingerprint density at radius 1 is 1.22 bits per heavy atom. The molecular formula is C23H29N5O4. The highest BCUT2D eigenvalue weighted by atomic mass is 16.3. The van der Waals surface area contributed by atoms with Gasteiger partial charge in [0, 0.05) is 36.3 Å². The fourth-order valence-electron chi connectivity index (χ4n) is 4.16. The summed E-state index contributed by atoms with van der Waals surface area (Å²) in [6.45, 7) is 4.29. The lowest BCUT2D eigenvalue weighted by molar-refractivity contribution is -0.127. The molecule has 3 fully saturated rings. The molecule has 9 nitrogen and oxygen atoms in total. The van der Waals surface area contributed by atoms with Gasteiger partial charge in [0.2, 0.25) is 11.8 Å². The molecule has 0 unspecified atom stereocenters. The highest BCUT2D eigenvalue weighted by molar-refractivity contribution is 5.97. The van der Waals surface area contributed by atoms with Crippen molar-refractivity contribution >= 4 is 23.5 Å². The van der Waals surface area contributed by atoms with Crippen molar-refractivity contribution in [1.82, 2.24) is 24.4 Å². The molecule has 3 aliphatic rings. The molecule has 0 spiro atoms. The van der Waals surface area contributed by atoms with Crippen LogP contribution in [0.5, 0.6) is 5.88 Å². The van der Waals surface area contributed by atoms with Crippen molar-refractivity contribution in [3.05, 3.63) is 33.8 Å². The minimum Gasteiger partial charge on any atom is -0.492 e. The van der Waals surface area contributed by atoms with E-state index in [4.69, 9.17) is 0 Å². The highest BCUT2D eigenvalue weighted by Gasteiger charge is 2.41.